The summed E-state index contributed by atoms with van der Waals surface area (Å²) in [7, 11) is 0. The SMILES string of the molecule is c1ccc(-c2ccc(-c3nc(-n4c5ccccc5c5cc6c(cc54)Sc4ccccc4C64c5ccccc5-c5ccccc54)nc4c3oc3ccccc34)cc2)cc1. The second-order valence-electron chi connectivity index (χ2n) is 15.2. The van der Waals surface area contributed by atoms with E-state index in [2.05, 4.69) is 168 Å². The molecule has 5 heteroatoms. The number of fused-ring (bicyclic) bond motifs is 15. The van der Waals surface area contributed by atoms with E-state index in [1.165, 1.54) is 54.1 Å². The van der Waals surface area contributed by atoms with E-state index in [-0.39, 0.29) is 0 Å². The van der Waals surface area contributed by atoms with Crippen LogP contribution in [0, 0.1) is 0 Å². The van der Waals surface area contributed by atoms with Gasteiger partial charge in [0.1, 0.15) is 16.8 Å². The summed E-state index contributed by atoms with van der Waals surface area (Å²) in [6.07, 6.45) is 0. The standard InChI is InChI=1S/C53H31N3OS/c1-2-14-32(15-3-1)33-26-28-34(29-27-33)49-51-50(38-19-7-12-24-46(38)57-51)55-52(54-49)56-44-23-11-6-18-37(44)39-30-43-48(31-45(39)56)58-47-25-13-10-22-42(47)53(43)40-20-8-4-16-35(40)36-17-5-9-21-41(36)53/h1-31H. The predicted octanol–water partition coefficient (Wildman–Crippen LogP) is 13.6. The Morgan fingerprint density at radius 2 is 1.07 bits per heavy atom. The van der Waals surface area contributed by atoms with E-state index in [0.717, 1.165) is 49.7 Å². The number of furan rings is 1. The highest BCUT2D eigenvalue weighted by molar-refractivity contribution is 7.99. The van der Waals surface area contributed by atoms with Gasteiger partial charge in [0.15, 0.2) is 5.58 Å². The summed E-state index contributed by atoms with van der Waals surface area (Å²) in [5.74, 6) is 0.611. The van der Waals surface area contributed by atoms with Gasteiger partial charge in [-0.2, -0.15) is 0 Å². The fourth-order valence-electron chi connectivity index (χ4n) is 9.86. The van der Waals surface area contributed by atoms with Crippen molar-refractivity contribution in [2.24, 2.45) is 0 Å². The van der Waals surface area contributed by atoms with Crippen molar-refractivity contribution in [3.63, 3.8) is 0 Å². The van der Waals surface area contributed by atoms with Gasteiger partial charge in [-0.25, -0.2) is 9.97 Å². The van der Waals surface area contributed by atoms with Gasteiger partial charge in [-0.05, 0) is 80.9 Å². The first-order valence-corrected chi connectivity index (χ1v) is 20.5. The van der Waals surface area contributed by atoms with E-state index in [4.69, 9.17) is 14.4 Å². The molecule has 0 atom stereocenters. The molecule has 0 fully saturated rings. The van der Waals surface area contributed by atoms with Gasteiger partial charge in [-0.3, -0.25) is 4.57 Å². The molecule has 58 heavy (non-hydrogen) atoms. The Morgan fingerprint density at radius 3 is 1.86 bits per heavy atom. The zero-order valence-electron chi connectivity index (χ0n) is 31.1. The molecule has 0 N–H and O–H groups in total. The lowest BCUT2D eigenvalue weighted by atomic mass is 9.67. The average molecular weight is 758 g/mol. The van der Waals surface area contributed by atoms with E-state index in [1.54, 1.807) is 0 Å². The molecule has 3 aromatic heterocycles. The quantitative estimate of drug-likeness (QED) is 0.180. The van der Waals surface area contributed by atoms with Crippen molar-refractivity contribution in [1.82, 2.24) is 14.5 Å². The van der Waals surface area contributed by atoms with Gasteiger partial charge < -0.3 is 4.42 Å². The number of rotatable bonds is 3. The number of hydrogen-bond acceptors (Lipinski definition) is 4. The Hall–Kier alpha value is -7.21. The topological polar surface area (TPSA) is 43.9 Å². The number of benzene rings is 8. The van der Waals surface area contributed by atoms with Crippen LogP contribution < -0.4 is 0 Å². The van der Waals surface area contributed by atoms with Gasteiger partial charge in [-0.1, -0.05) is 163 Å². The largest absolute Gasteiger partial charge is 0.452 e. The van der Waals surface area contributed by atoms with Gasteiger partial charge in [0, 0.05) is 31.5 Å². The maximum Gasteiger partial charge on any atom is 0.236 e. The molecule has 2 aliphatic rings. The van der Waals surface area contributed by atoms with Crippen molar-refractivity contribution >= 4 is 55.6 Å². The van der Waals surface area contributed by atoms with Gasteiger partial charge in [0.2, 0.25) is 5.95 Å². The van der Waals surface area contributed by atoms with E-state index in [0.29, 0.717) is 11.5 Å². The summed E-state index contributed by atoms with van der Waals surface area (Å²) >= 11 is 1.86. The van der Waals surface area contributed by atoms with Crippen molar-refractivity contribution in [2.45, 2.75) is 15.2 Å². The molecule has 0 saturated carbocycles. The molecule has 0 amide bonds. The highest BCUT2D eigenvalue weighted by atomic mass is 32.2. The number of para-hydroxylation sites is 2. The van der Waals surface area contributed by atoms with Crippen LogP contribution in [0.2, 0.25) is 0 Å². The first-order chi connectivity index (χ1) is 28.8. The lowest BCUT2D eigenvalue weighted by molar-refractivity contribution is 0.666. The summed E-state index contributed by atoms with van der Waals surface area (Å²) < 4.78 is 8.84. The molecule has 4 nitrogen and oxygen atoms in total. The summed E-state index contributed by atoms with van der Waals surface area (Å²) in [6.45, 7) is 0. The fourth-order valence-corrected chi connectivity index (χ4v) is 11.1. The Morgan fingerprint density at radius 1 is 0.448 bits per heavy atom. The molecule has 4 heterocycles. The monoisotopic (exact) mass is 757 g/mol. The van der Waals surface area contributed by atoms with Crippen LogP contribution in [0.15, 0.2) is 202 Å². The molecule has 1 aliphatic carbocycles. The Balaban J connectivity index is 1.10. The van der Waals surface area contributed by atoms with Crippen molar-refractivity contribution in [3.8, 4) is 39.5 Å². The maximum absolute atomic E-state index is 6.58. The summed E-state index contributed by atoms with van der Waals surface area (Å²) in [5.41, 5.74) is 15.9. The molecule has 0 unspecified atom stereocenters. The smallest absolute Gasteiger partial charge is 0.236 e. The third-order valence-corrected chi connectivity index (χ3v) is 13.4. The number of aromatic nitrogens is 3. The van der Waals surface area contributed by atoms with Gasteiger partial charge >= 0.3 is 0 Å². The second-order valence-corrected chi connectivity index (χ2v) is 16.3. The van der Waals surface area contributed by atoms with E-state index in [1.807, 2.05) is 36.0 Å². The fraction of sp³-hybridized carbons (Fsp3) is 0.0189. The first kappa shape index (κ1) is 31.9. The van der Waals surface area contributed by atoms with Crippen LogP contribution in [0.4, 0.5) is 0 Å². The van der Waals surface area contributed by atoms with Crippen LogP contribution in [0.1, 0.15) is 22.3 Å². The Bertz CT molecular complexity index is 3440. The van der Waals surface area contributed by atoms with Crippen molar-refractivity contribution in [1.29, 1.82) is 0 Å². The minimum Gasteiger partial charge on any atom is -0.452 e. The highest BCUT2D eigenvalue weighted by Gasteiger charge is 2.50. The van der Waals surface area contributed by atoms with Crippen molar-refractivity contribution < 1.29 is 4.42 Å². The van der Waals surface area contributed by atoms with Crippen LogP contribution in [0.3, 0.4) is 0 Å². The first-order valence-electron chi connectivity index (χ1n) is 19.7. The highest BCUT2D eigenvalue weighted by Crippen LogP contribution is 2.62. The maximum atomic E-state index is 6.58. The molecular weight excluding hydrogens is 727 g/mol. The minimum absolute atomic E-state index is 0.466. The Kier molecular flexibility index (Phi) is 6.55. The summed E-state index contributed by atoms with van der Waals surface area (Å²) in [6, 6.07) is 67.8. The third-order valence-electron chi connectivity index (χ3n) is 12.3. The van der Waals surface area contributed by atoms with Crippen LogP contribution >= 0.6 is 11.8 Å². The van der Waals surface area contributed by atoms with E-state index < -0.39 is 5.41 Å². The average Bonchev–Trinajstić information content (AvgIpc) is 3.92. The molecule has 0 saturated heterocycles. The molecule has 1 aliphatic heterocycles. The number of hydrogen-bond donors (Lipinski definition) is 0. The van der Waals surface area contributed by atoms with Gasteiger partial charge in [0.25, 0.3) is 0 Å². The van der Waals surface area contributed by atoms with Crippen molar-refractivity contribution in [3.05, 3.63) is 210 Å². The summed E-state index contributed by atoms with van der Waals surface area (Å²) in [4.78, 5) is 13.3. The molecule has 270 valence electrons. The predicted molar refractivity (Wildman–Crippen MR) is 236 cm³/mol. The van der Waals surface area contributed by atoms with Crippen molar-refractivity contribution in [2.75, 3.05) is 0 Å². The zero-order valence-corrected chi connectivity index (χ0v) is 31.9. The molecule has 13 rings (SSSR count). The minimum atomic E-state index is -0.466. The van der Waals surface area contributed by atoms with Gasteiger partial charge in [-0.15, -0.1) is 0 Å². The van der Waals surface area contributed by atoms with Crippen LogP contribution in [-0.4, -0.2) is 14.5 Å². The summed E-state index contributed by atoms with van der Waals surface area (Å²) in [5, 5.41) is 3.30. The third kappa shape index (κ3) is 4.26. The number of nitrogens with zero attached hydrogens (tertiary/aromatic N) is 3. The van der Waals surface area contributed by atoms with E-state index in [9.17, 15) is 0 Å². The molecule has 8 aromatic carbocycles. The molecular formula is C53H31N3OS. The van der Waals surface area contributed by atoms with Crippen LogP contribution in [0.25, 0.3) is 83.3 Å². The molecule has 1 spiro atoms. The molecule has 0 radical (unpaired) electrons. The lowest BCUT2D eigenvalue weighted by Crippen LogP contribution is -2.32. The Labute approximate surface area is 338 Å². The second kappa shape index (κ2) is 11.9. The van der Waals surface area contributed by atoms with Crippen LogP contribution in [-0.2, 0) is 5.41 Å². The normalized spacial score (nSPS) is 13.6. The lowest BCUT2D eigenvalue weighted by Gasteiger charge is -2.39. The van der Waals surface area contributed by atoms with Crippen LogP contribution in [0.5, 0.6) is 0 Å². The van der Waals surface area contributed by atoms with E-state index >= 15 is 0 Å². The molecule has 11 aromatic rings. The zero-order chi connectivity index (χ0) is 38.0. The molecule has 0 bridgehead atoms. The van der Waals surface area contributed by atoms with Gasteiger partial charge in [0.05, 0.1) is 16.4 Å².